The zero-order valence-corrected chi connectivity index (χ0v) is 19.2. The molecule has 2 heteroatoms. The number of nitrogens with zero attached hydrogens (tertiary/aromatic N) is 2. The molecule has 0 aromatic rings. The Balaban J connectivity index is 1.20. The largest absolute Gasteiger partial charge is 0.298 e. The summed E-state index contributed by atoms with van der Waals surface area (Å²) in [4.78, 5) is 5.70. The Morgan fingerprint density at radius 1 is 0.704 bits per heavy atom. The number of hydrogen-bond donors (Lipinski definition) is 0. The molecule has 2 saturated carbocycles. The summed E-state index contributed by atoms with van der Waals surface area (Å²) in [7, 11) is 0. The summed E-state index contributed by atoms with van der Waals surface area (Å²) in [5, 5.41) is 0. The van der Waals surface area contributed by atoms with Crippen LogP contribution in [-0.4, -0.2) is 48.1 Å². The van der Waals surface area contributed by atoms with Crippen molar-refractivity contribution in [1.29, 1.82) is 0 Å². The number of hydrogen-bond acceptors (Lipinski definition) is 2. The van der Waals surface area contributed by atoms with Crippen LogP contribution < -0.4 is 0 Å². The molecule has 0 radical (unpaired) electrons. The van der Waals surface area contributed by atoms with Crippen LogP contribution in [0.3, 0.4) is 0 Å². The van der Waals surface area contributed by atoms with E-state index in [1.54, 1.807) is 0 Å². The molecule has 2 nitrogen and oxygen atoms in total. The number of piperidine rings is 1. The van der Waals surface area contributed by atoms with Crippen LogP contribution in [0.4, 0.5) is 0 Å². The quantitative estimate of drug-likeness (QED) is 0.601. The first-order valence-electron chi connectivity index (χ1n) is 12.0. The summed E-state index contributed by atoms with van der Waals surface area (Å²) < 4.78 is 0. The predicted octanol–water partition coefficient (Wildman–Crippen LogP) is 5.81. The van der Waals surface area contributed by atoms with Crippen molar-refractivity contribution in [2.75, 3.05) is 26.2 Å². The lowest BCUT2D eigenvalue weighted by molar-refractivity contribution is -0.0862. The Morgan fingerprint density at radius 3 is 1.85 bits per heavy atom. The Hall–Kier alpha value is -0.0800. The molecule has 4 fully saturated rings. The minimum absolute atomic E-state index is 0.498. The molecule has 2 saturated heterocycles. The van der Waals surface area contributed by atoms with Crippen LogP contribution in [0.1, 0.15) is 92.9 Å². The van der Waals surface area contributed by atoms with E-state index < -0.39 is 0 Å². The van der Waals surface area contributed by atoms with Gasteiger partial charge in [0.05, 0.1) is 0 Å². The normalized spacial score (nSPS) is 34.4. The molecule has 2 atom stereocenters. The van der Waals surface area contributed by atoms with Crippen LogP contribution >= 0.6 is 0 Å². The number of likely N-dealkylation sites (tertiary alicyclic amines) is 2. The van der Waals surface area contributed by atoms with E-state index in [9.17, 15) is 0 Å². The van der Waals surface area contributed by atoms with Crippen LogP contribution in [0.25, 0.3) is 0 Å². The van der Waals surface area contributed by atoms with E-state index in [0.717, 1.165) is 29.3 Å². The van der Waals surface area contributed by atoms with Crippen molar-refractivity contribution in [2.24, 2.45) is 28.1 Å². The minimum Gasteiger partial charge on any atom is -0.298 e. The monoisotopic (exact) mass is 374 g/mol. The molecule has 4 aliphatic rings. The summed E-state index contributed by atoms with van der Waals surface area (Å²) in [5.41, 5.74) is 1.76. The van der Waals surface area contributed by atoms with Crippen molar-refractivity contribution >= 4 is 0 Å². The van der Waals surface area contributed by atoms with Gasteiger partial charge in [-0.25, -0.2) is 0 Å². The van der Waals surface area contributed by atoms with Gasteiger partial charge in [0.25, 0.3) is 0 Å². The second kappa shape index (κ2) is 7.01. The summed E-state index contributed by atoms with van der Waals surface area (Å²) in [6, 6.07) is 1.75. The predicted molar refractivity (Wildman–Crippen MR) is 116 cm³/mol. The Morgan fingerprint density at radius 2 is 1.30 bits per heavy atom. The van der Waals surface area contributed by atoms with Crippen molar-refractivity contribution in [3.8, 4) is 0 Å². The van der Waals surface area contributed by atoms with Crippen LogP contribution in [0.5, 0.6) is 0 Å². The topological polar surface area (TPSA) is 6.48 Å². The summed E-state index contributed by atoms with van der Waals surface area (Å²) in [5.74, 6) is 1.91. The molecule has 0 N–H and O–H groups in total. The standard InChI is InChI=1S/C25H46N2/c1-23(2,3)19-8-7-9-21(14-19)27-17-22(18-27)26-12-10-25(11-13-26)15-20(16-25)24(4,5)6/h19-22H,7-18H2,1-6H3. The molecule has 2 heterocycles. The molecule has 0 bridgehead atoms. The molecule has 1 spiro atoms. The van der Waals surface area contributed by atoms with Gasteiger partial charge in [-0.3, -0.25) is 9.80 Å². The average Bonchev–Trinajstić information content (AvgIpc) is 2.50. The molecule has 2 aliphatic heterocycles. The van der Waals surface area contributed by atoms with Gasteiger partial charge in [0, 0.05) is 25.2 Å². The third kappa shape index (κ3) is 4.13. The van der Waals surface area contributed by atoms with Gasteiger partial charge in [-0.05, 0) is 86.1 Å². The molecule has 0 aromatic carbocycles. The van der Waals surface area contributed by atoms with Gasteiger partial charge >= 0.3 is 0 Å². The lowest BCUT2D eigenvalue weighted by Crippen LogP contribution is -2.64. The Bertz CT molecular complexity index is 503. The van der Waals surface area contributed by atoms with Crippen molar-refractivity contribution < 1.29 is 0 Å². The highest BCUT2D eigenvalue weighted by atomic mass is 15.3. The summed E-state index contributed by atoms with van der Waals surface area (Å²) in [6.07, 6.45) is 11.8. The third-order valence-electron chi connectivity index (χ3n) is 9.24. The summed E-state index contributed by atoms with van der Waals surface area (Å²) >= 11 is 0. The summed E-state index contributed by atoms with van der Waals surface area (Å²) in [6.45, 7) is 20.2. The van der Waals surface area contributed by atoms with E-state index in [4.69, 9.17) is 0 Å². The Labute approximate surface area is 169 Å². The Kier molecular flexibility index (Phi) is 5.25. The maximum atomic E-state index is 2.86. The molecular weight excluding hydrogens is 328 g/mol. The molecule has 2 unspecified atom stereocenters. The first-order valence-corrected chi connectivity index (χ1v) is 12.0. The van der Waals surface area contributed by atoms with E-state index in [1.165, 1.54) is 77.5 Å². The highest BCUT2D eigenvalue weighted by Crippen LogP contribution is 2.58. The van der Waals surface area contributed by atoms with Crippen LogP contribution in [0.15, 0.2) is 0 Å². The number of rotatable bonds is 2. The van der Waals surface area contributed by atoms with Gasteiger partial charge in [0.2, 0.25) is 0 Å². The third-order valence-corrected chi connectivity index (χ3v) is 9.24. The van der Waals surface area contributed by atoms with E-state index >= 15 is 0 Å². The lowest BCUT2D eigenvalue weighted by Gasteiger charge is -2.59. The second-order valence-corrected chi connectivity index (χ2v) is 13.0. The van der Waals surface area contributed by atoms with Crippen molar-refractivity contribution in [3.63, 3.8) is 0 Å². The average molecular weight is 375 g/mol. The van der Waals surface area contributed by atoms with Gasteiger partial charge in [0.1, 0.15) is 0 Å². The van der Waals surface area contributed by atoms with Gasteiger partial charge in [-0.15, -0.1) is 0 Å². The lowest BCUT2D eigenvalue weighted by atomic mass is 9.51. The fourth-order valence-corrected chi connectivity index (χ4v) is 6.67. The van der Waals surface area contributed by atoms with Crippen LogP contribution in [0.2, 0.25) is 0 Å². The molecule has 0 amide bonds. The van der Waals surface area contributed by atoms with Gasteiger partial charge < -0.3 is 0 Å². The maximum absolute atomic E-state index is 2.86. The van der Waals surface area contributed by atoms with Crippen LogP contribution in [-0.2, 0) is 0 Å². The SMILES string of the molecule is CC(C)(C)C1CCCC(N2CC(N3CCC4(CC3)CC(C(C)(C)C)C4)C2)C1. The smallest absolute Gasteiger partial charge is 0.0350 e. The van der Waals surface area contributed by atoms with Crippen molar-refractivity contribution in [2.45, 2.75) is 105 Å². The highest BCUT2D eigenvalue weighted by molar-refractivity contribution is 5.03. The fourth-order valence-electron chi connectivity index (χ4n) is 6.67. The van der Waals surface area contributed by atoms with E-state index in [-0.39, 0.29) is 0 Å². The van der Waals surface area contributed by atoms with Gasteiger partial charge in [-0.2, -0.15) is 0 Å². The van der Waals surface area contributed by atoms with Gasteiger partial charge in [0.15, 0.2) is 0 Å². The zero-order valence-electron chi connectivity index (χ0n) is 19.2. The fraction of sp³-hybridized carbons (Fsp3) is 1.00. The minimum atomic E-state index is 0.498. The zero-order chi connectivity index (χ0) is 19.4. The van der Waals surface area contributed by atoms with Crippen molar-refractivity contribution in [3.05, 3.63) is 0 Å². The molecule has 0 aromatic heterocycles. The first kappa shape index (κ1) is 20.2. The van der Waals surface area contributed by atoms with E-state index in [1.807, 2.05) is 0 Å². The van der Waals surface area contributed by atoms with Gasteiger partial charge in [-0.1, -0.05) is 48.0 Å². The molecule has 2 aliphatic carbocycles. The molecule has 27 heavy (non-hydrogen) atoms. The molecule has 4 rings (SSSR count). The van der Waals surface area contributed by atoms with E-state index in [2.05, 4.69) is 51.3 Å². The second-order valence-electron chi connectivity index (χ2n) is 13.0. The van der Waals surface area contributed by atoms with Crippen LogP contribution in [0, 0.1) is 28.1 Å². The first-order chi connectivity index (χ1) is 12.6. The van der Waals surface area contributed by atoms with E-state index in [0.29, 0.717) is 10.8 Å². The van der Waals surface area contributed by atoms with Crippen molar-refractivity contribution in [1.82, 2.24) is 9.80 Å². The highest BCUT2D eigenvalue weighted by Gasteiger charge is 2.50. The maximum Gasteiger partial charge on any atom is 0.0350 e. The molecule has 156 valence electrons. The molecular formula is C25H46N2.